The number of piperazine rings is 1. The van der Waals surface area contributed by atoms with E-state index in [9.17, 15) is 4.79 Å². The van der Waals surface area contributed by atoms with Crippen LogP contribution in [0.1, 0.15) is 38.5 Å². The van der Waals surface area contributed by atoms with E-state index in [2.05, 4.69) is 9.80 Å². The monoisotopic (exact) mass is 408 g/mol. The van der Waals surface area contributed by atoms with Crippen molar-refractivity contribution in [3.05, 3.63) is 63.7 Å². The third kappa shape index (κ3) is 8.17. The molecule has 4 rings (SSSR count). The minimum Gasteiger partial charge on any atom is -0.300 e. The van der Waals surface area contributed by atoms with E-state index in [-0.39, 0.29) is 22.9 Å². The molecule has 10 radical (unpaired) electrons. The first kappa shape index (κ1) is 23.4. The van der Waals surface area contributed by atoms with Gasteiger partial charge in [0, 0.05) is 51.1 Å². The molecule has 3 nitrogen and oxygen atoms in total. The third-order valence-corrected chi connectivity index (χ3v) is 5.69. The maximum absolute atomic E-state index is 12.0. The molecule has 3 saturated carbocycles. The van der Waals surface area contributed by atoms with Crippen molar-refractivity contribution in [1.29, 1.82) is 0 Å². The van der Waals surface area contributed by atoms with E-state index in [1.54, 1.807) is 0 Å². The van der Waals surface area contributed by atoms with Gasteiger partial charge in [0.05, 0.1) is 0 Å². The van der Waals surface area contributed by atoms with Gasteiger partial charge in [-0.1, -0.05) is 19.3 Å². The van der Waals surface area contributed by atoms with Crippen LogP contribution in [0.15, 0.2) is 0 Å². The Labute approximate surface area is 178 Å². The summed E-state index contributed by atoms with van der Waals surface area (Å²) in [5.74, 6) is 1.16. The summed E-state index contributed by atoms with van der Waals surface area (Å²) >= 11 is 0. The van der Waals surface area contributed by atoms with Gasteiger partial charge in [-0.15, -0.1) is 0 Å². The molecule has 0 aromatic rings. The minimum atomic E-state index is 0. The van der Waals surface area contributed by atoms with E-state index in [4.69, 9.17) is 0 Å². The molecular weight excluding hydrogens is 376 g/mol. The van der Waals surface area contributed by atoms with E-state index in [1.807, 2.05) is 57.8 Å². The van der Waals surface area contributed by atoms with Crippen LogP contribution < -0.4 is 0 Å². The van der Waals surface area contributed by atoms with E-state index in [1.165, 1.54) is 45.2 Å². The van der Waals surface area contributed by atoms with Crippen LogP contribution in [0.3, 0.4) is 0 Å². The van der Waals surface area contributed by atoms with E-state index >= 15 is 0 Å². The fraction of sp³-hybridized carbons (Fsp3) is 0.522. The Morgan fingerprint density at radius 3 is 1.93 bits per heavy atom. The van der Waals surface area contributed by atoms with Gasteiger partial charge in [-0.25, -0.2) is 0 Å². The van der Waals surface area contributed by atoms with Crippen LogP contribution in [-0.4, -0.2) is 54.3 Å². The summed E-state index contributed by atoms with van der Waals surface area (Å²) in [6, 6.07) is 0.840. The molecule has 0 spiro atoms. The summed E-state index contributed by atoms with van der Waals surface area (Å²) in [6.07, 6.45) is 25.4. The third-order valence-electron chi connectivity index (χ3n) is 5.69. The predicted molar refractivity (Wildman–Crippen MR) is 106 cm³/mol. The molecule has 4 fully saturated rings. The zero-order valence-corrected chi connectivity index (χ0v) is 17.3. The number of hydrogen-bond acceptors (Lipinski definition) is 3. The molecule has 146 valence electrons. The summed E-state index contributed by atoms with van der Waals surface area (Å²) < 4.78 is 0. The topological polar surface area (TPSA) is 23.6 Å². The van der Waals surface area contributed by atoms with Gasteiger partial charge < -0.3 is 4.90 Å². The number of hydrogen-bond donors (Lipinski definition) is 0. The Morgan fingerprint density at radius 2 is 1.37 bits per heavy atom. The summed E-state index contributed by atoms with van der Waals surface area (Å²) in [5, 5.41) is 0. The van der Waals surface area contributed by atoms with Gasteiger partial charge in [0.2, 0.25) is 0 Å². The number of carbonyl (C=O) groups excluding carboxylic acids is 1. The largest absolute Gasteiger partial charge is 2.00 e. The van der Waals surface area contributed by atoms with Crippen molar-refractivity contribution in [1.82, 2.24) is 9.80 Å². The molecule has 0 N–H and O–H groups in total. The van der Waals surface area contributed by atoms with Gasteiger partial charge in [-0.3, -0.25) is 9.69 Å². The summed E-state index contributed by atoms with van der Waals surface area (Å²) in [5.41, 5.74) is 0. The summed E-state index contributed by atoms with van der Waals surface area (Å²) in [4.78, 5) is 17.2. The quantitative estimate of drug-likeness (QED) is 0.653. The Bertz CT molecular complexity index is 386. The zero-order chi connectivity index (χ0) is 18.0. The van der Waals surface area contributed by atoms with Crippen LogP contribution in [-0.2, 0) is 21.9 Å². The Hall–Kier alpha value is 0.109. The second kappa shape index (κ2) is 13.4. The van der Waals surface area contributed by atoms with E-state index in [0.29, 0.717) is 6.42 Å². The molecule has 27 heavy (non-hydrogen) atoms. The van der Waals surface area contributed by atoms with Gasteiger partial charge in [-0.05, 0) is 70.6 Å². The molecule has 0 atom stereocenters. The number of Topliss-reactive ketones (excluding diaryl/α,β-unsaturated/α-hetero) is 1. The van der Waals surface area contributed by atoms with Crippen LogP contribution in [0.25, 0.3) is 0 Å². The van der Waals surface area contributed by atoms with Gasteiger partial charge in [0.25, 0.3) is 0 Å². The van der Waals surface area contributed by atoms with E-state index in [0.717, 1.165) is 31.6 Å². The predicted octanol–water partition coefficient (Wildman–Crippen LogP) is 3.32. The van der Waals surface area contributed by atoms with Crippen LogP contribution in [0, 0.1) is 63.7 Å². The average Bonchev–Trinajstić information content (AvgIpc) is 3.44. The van der Waals surface area contributed by atoms with Crippen LogP contribution in [0.5, 0.6) is 0 Å². The first-order chi connectivity index (χ1) is 12.8. The second-order valence-corrected chi connectivity index (χ2v) is 7.48. The van der Waals surface area contributed by atoms with Gasteiger partial charge in [0.1, 0.15) is 5.78 Å². The van der Waals surface area contributed by atoms with Gasteiger partial charge in [-0.2, -0.15) is 0 Å². The normalized spacial score (nSPS) is 25.6. The zero-order valence-electron chi connectivity index (χ0n) is 16.2. The first-order valence-corrected chi connectivity index (χ1v) is 10.2. The average molecular weight is 408 g/mol. The standard InChI is InChI=1S/C18H27N2O.C5H5.Fe/c21-18(16-6-4-5-7-16)10-11-19-12-14-20(15-13-19)17-8-2-1-3-9-17;1-2-4-5-3-1;/h4-7,17H,1-3,8-15H2;1-5H;/q;;+2. The Balaban J connectivity index is 0.000000379. The summed E-state index contributed by atoms with van der Waals surface area (Å²) in [6.45, 7) is 5.56. The molecule has 3 aliphatic carbocycles. The number of ketones is 1. The molecule has 0 amide bonds. The fourth-order valence-electron chi connectivity index (χ4n) is 4.08. The molecular formula is C23H32FeN2O+2. The Kier molecular flexibility index (Phi) is 11.6. The smallest absolute Gasteiger partial charge is 0.300 e. The molecule has 4 heteroatoms. The van der Waals surface area contributed by atoms with Crippen LogP contribution in [0.2, 0.25) is 0 Å². The van der Waals surface area contributed by atoms with Crippen molar-refractivity contribution in [2.24, 2.45) is 0 Å². The second-order valence-electron chi connectivity index (χ2n) is 7.48. The minimum absolute atomic E-state index is 0. The maximum atomic E-state index is 12.0. The van der Waals surface area contributed by atoms with Gasteiger partial charge >= 0.3 is 17.1 Å². The van der Waals surface area contributed by atoms with Crippen molar-refractivity contribution in [2.45, 2.75) is 44.6 Å². The molecule has 1 saturated heterocycles. The van der Waals surface area contributed by atoms with Crippen molar-refractivity contribution in [2.75, 3.05) is 32.7 Å². The fourth-order valence-corrected chi connectivity index (χ4v) is 4.08. The molecule has 4 aliphatic rings. The molecule has 1 heterocycles. The van der Waals surface area contributed by atoms with Crippen molar-refractivity contribution >= 4 is 5.78 Å². The van der Waals surface area contributed by atoms with E-state index < -0.39 is 0 Å². The Morgan fingerprint density at radius 1 is 0.815 bits per heavy atom. The molecule has 0 aromatic heterocycles. The van der Waals surface area contributed by atoms with Gasteiger partial charge in [0.15, 0.2) is 0 Å². The number of rotatable bonds is 5. The number of carbonyl (C=O) groups is 1. The SMILES string of the molecule is O=C(CCN1CCN(C2CCCCC2)CC1)[C]1[CH][CH][CH][CH]1.[CH]1[CH][CH][CH][CH]1.[Fe+2]. The summed E-state index contributed by atoms with van der Waals surface area (Å²) in [7, 11) is 0. The molecule has 0 bridgehead atoms. The first-order valence-electron chi connectivity index (χ1n) is 10.2. The molecule has 1 aliphatic heterocycles. The van der Waals surface area contributed by atoms with Crippen LogP contribution >= 0.6 is 0 Å². The van der Waals surface area contributed by atoms with Crippen molar-refractivity contribution < 1.29 is 21.9 Å². The molecule has 0 unspecified atom stereocenters. The van der Waals surface area contributed by atoms with Crippen LogP contribution in [0.4, 0.5) is 0 Å². The van der Waals surface area contributed by atoms with Crippen molar-refractivity contribution in [3.8, 4) is 0 Å². The molecule has 0 aromatic carbocycles. The maximum Gasteiger partial charge on any atom is 2.00 e. The van der Waals surface area contributed by atoms with Crippen molar-refractivity contribution in [3.63, 3.8) is 0 Å². The number of nitrogens with zero attached hydrogens (tertiary/aromatic N) is 2.